The fourth-order valence-electron chi connectivity index (χ4n) is 1.71. The molecule has 0 fully saturated rings. The lowest BCUT2D eigenvalue weighted by molar-refractivity contribution is 0.104. The van der Waals surface area contributed by atoms with Crippen molar-refractivity contribution >= 4 is 11.9 Å². The van der Waals surface area contributed by atoms with Gasteiger partial charge < -0.3 is 4.98 Å². The third kappa shape index (κ3) is 2.69. The number of pyridine rings is 1. The highest BCUT2D eigenvalue weighted by Crippen LogP contribution is 2.11. The second-order valence-electron chi connectivity index (χ2n) is 3.99. The maximum atomic E-state index is 11.9. The van der Waals surface area contributed by atoms with Gasteiger partial charge in [-0.15, -0.1) is 0 Å². The first-order chi connectivity index (χ1) is 8.16. The molecule has 17 heavy (non-hydrogen) atoms. The summed E-state index contributed by atoms with van der Waals surface area (Å²) in [6.07, 6.45) is 6.76. The van der Waals surface area contributed by atoms with Crippen molar-refractivity contribution in [2.75, 3.05) is 0 Å². The fourth-order valence-corrected chi connectivity index (χ4v) is 1.71. The molecule has 0 amide bonds. The minimum Gasteiger partial charge on any atom is -0.356 e. The molecule has 2 rings (SSSR count). The summed E-state index contributed by atoms with van der Waals surface area (Å²) in [4.78, 5) is 19.0. The molecule has 3 heteroatoms. The van der Waals surface area contributed by atoms with E-state index in [0.29, 0.717) is 5.69 Å². The summed E-state index contributed by atoms with van der Waals surface area (Å²) in [5, 5.41) is 0. The van der Waals surface area contributed by atoms with Crippen LogP contribution in [0.3, 0.4) is 0 Å². The number of hydrogen-bond donors (Lipinski definition) is 1. The summed E-state index contributed by atoms with van der Waals surface area (Å²) in [7, 11) is 0. The molecule has 2 aromatic heterocycles. The first-order valence-electron chi connectivity index (χ1n) is 5.45. The standard InChI is InChI=1S/C14H14N2O/c1-10-8-11(2)16-14(10)13(17)6-5-12-4-3-7-15-9-12/h3-9,16H,1-2H3. The van der Waals surface area contributed by atoms with Crippen LogP contribution in [-0.2, 0) is 0 Å². The van der Waals surface area contributed by atoms with Crippen LogP contribution >= 0.6 is 0 Å². The lowest BCUT2D eigenvalue weighted by Crippen LogP contribution is -1.97. The van der Waals surface area contributed by atoms with Crippen LogP contribution in [0.5, 0.6) is 0 Å². The van der Waals surface area contributed by atoms with Crippen molar-refractivity contribution in [2.24, 2.45) is 0 Å². The number of rotatable bonds is 3. The smallest absolute Gasteiger partial charge is 0.202 e. The molecular weight excluding hydrogens is 212 g/mol. The normalized spacial score (nSPS) is 10.9. The third-order valence-corrected chi connectivity index (χ3v) is 2.51. The largest absolute Gasteiger partial charge is 0.356 e. The van der Waals surface area contributed by atoms with Crippen LogP contribution in [0.1, 0.15) is 27.3 Å². The van der Waals surface area contributed by atoms with E-state index in [0.717, 1.165) is 16.8 Å². The average molecular weight is 226 g/mol. The van der Waals surface area contributed by atoms with E-state index >= 15 is 0 Å². The summed E-state index contributed by atoms with van der Waals surface area (Å²) in [5.41, 5.74) is 3.55. The number of nitrogens with one attached hydrogen (secondary N) is 1. The van der Waals surface area contributed by atoms with Gasteiger partial charge in [-0.05, 0) is 49.3 Å². The predicted octanol–water partition coefficient (Wildman–Crippen LogP) is 2.92. The summed E-state index contributed by atoms with van der Waals surface area (Å²) >= 11 is 0. The fraction of sp³-hybridized carbons (Fsp3) is 0.143. The zero-order valence-corrected chi connectivity index (χ0v) is 9.90. The Labute approximate surface area is 100 Å². The van der Waals surface area contributed by atoms with E-state index in [1.165, 1.54) is 0 Å². The molecule has 0 bridgehead atoms. The molecule has 0 spiro atoms. The molecule has 0 saturated carbocycles. The molecule has 1 N–H and O–H groups in total. The van der Waals surface area contributed by atoms with Gasteiger partial charge in [0.25, 0.3) is 0 Å². The Morgan fingerprint density at radius 1 is 1.41 bits per heavy atom. The molecule has 0 saturated heterocycles. The maximum absolute atomic E-state index is 11.9. The van der Waals surface area contributed by atoms with Crippen LogP contribution in [0, 0.1) is 13.8 Å². The van der Waals surface area contributed by atoms with Crippen molar-refractivity contribution in [2.45, 2.75) is 13.8 Å². The number of aromatic amines is 1. The molecule has 0 unspecified atom stereocenters. The highest BCUT2D eigenvalue weighted by molar-refractivity contribution is 6.06. The van der Waals surface area contributed by atoms with Gasteiger partial charge in [-0.1, -0.05) is 6.07 Å². The molecule has 0 aliphatic carbocycles. The SMILES string of the molecule is Cc1cc(C)c(C(=O)C=Cc2cccnc2)[nH]1. The number of ketones is 1. The van der Waals surface area contributed by atoms with Crippen molar-refractivity contribution < 1.29 is 4.79 Å². The van der Waals surface area contributed by atoms with E-state index in [4.69, 9.17) is 0 Å². The van der Waals surface area contributed by atoms with Crippen molar-refractivity contribution in [3.05, 3.63) is 59.2 Å². The van der Waals surface area contributed by atoms with E-state index in [-0.39, 0.29) is 5.78 Å². The zero-order valence-electron chi connectivity index (χ0n) is 9.90. The summed E-state index contributed by atoms with van der Waals surface area (Å²) in [5.74, 6) is -0.0144. The first kappa shape index (κ1) is 11.3. The van der Waals surface area contributed by atoms with Gasteiger partial charge >= 0.3 is 0 Å². The van der Waals surface area contributed by atoms with Gasteiger partial charge in [0.05, 0.1) is 5.69 Å². The van der Waals surface area contributed by atoms with E-state index in [2.05, 4.69) is 9.97 Å². The van der Waals surface area contributed by atoms with Gasteiger partial charge in [0, 0.05) is 18.1 Å². The van der Waals surface area contributed by atoms with Crippen LogP contribution in [0.2, 0.25) is 0 Å². The Bertz CT molecular complexity index is 553. The lowest BCUT2D eigenvalue weighted by Gasteiger charge is -1.94. The van der Waals surface area contributed by atoms with Gasteiger partial charge in [-0.25, -0.2) is 0 Å². The van der Waals surface area contributed by atoms with Gasteiger partial charge in [-0.2, -0.15) is 0 Å². The minimum absolute atomic E-state index is 0.0144. The molecule has 0 aliphatic rings. The second kappa shape index (κ2) is 4.78. The highest BCUT2D eigenvalue weighted by Gasteiger charge is 2.07. The van der Waals surface area contributed by atoms with E-state index in [9.17, 15) is 4.79 Å². The molecule has 86 valence electrons. The Morgan fingerprint density at radius 2 is 2.24 bits per heavy atom. The minimum atomic E-state index is -0.0144. The van der Waals surface area contributed by atoms with Crippen LogP contribution in [0.25, 0.3) is 6.08 Å². The summed E-state index contributed by atoms with van der Waals surface area (Å²) < 4.78 is 0. The molecule has 0 aromatic carbocycles. The van der Waals surface area contributed by atoms with Crippen LogP contribution < -0.4 is 0 Å². The van der Waals surface area contributed by atoms with Crippen LogP contribution in [0.15, 0.2) is 36.7 Å². The Hall–Kier alpha value is -2.16. The first-order valence-corrected chi connectivity index (χ1v) is 5.45. The molecule has 2 heterocycles. The van der Waals surface area contributed by atoms with E-state index < -0.39 is 0 Å². The Balaban J connectivity index is 2.18. The number of nitrogens with zero attached hydrogens (tertiary/aromatic N) is 1. The monoisotopic (exact) mass is 226 g/mol. The summed E-state index contributed by atoms with van der Waals surface area (Å²) in [6.45, 7) is 3.86. The van der Waals surface area contributed by atoms with Gasteiger partial charge in [-0.3, -0.25) is 9.78 Å². The van der Waals surface area contributed by atoms with Crippen LogP contribution in [-0.4, -0.2) is 15.8 Å². The Kier molecular flexibility index (Phi) is 3.19. The van der Waals surface area contributed by atoms with Crippen molar-refractivity contribution in [1.29, 1.82) is 0 Å². The second-order valence-corrected chi connectivity index (χ2v) is 3.99. The van der Waals surface area contributed by atoms with Crippen molar-refractivity contribution in [3.63, 3.8) is 0 Å². The highest BCUT2D eigenvalue weighted by atomic mass is 16.1. The topological polar surface area (TPSA) is 45.8 Å². The third-order valence-electron chi connectivity index (χ3n) is 2.51. The average Bonchev–Trinajstić information content (AvgIpc) is 2.67. The van der Waals surface area contributed by atoms with E-state index in [1.54, 1.807) is 24.5 Å². The number of aryl methyl sites for hydroxylation is 2. The van der Waals surface area contributed by atoms with E-state index in [1.807, 2.05) is 32.0 Å². The van der Waals surface area contributed by atoms with Crippen molar-refractivity contribution in [1.82, 2.24) is 9.97 Å². The zero-order chi connectivity index (χ0) is 12.3. The molecule has 0 atom stereocenters. The van der Waals surface area contributed by atoms with Crippen LogP contribution in [0.4, 0.5) is 0 Å². The molecule has 3 nitrogen and oxygen atoms in total. The Morgan fingerprint density at radius 3 is 2.82 bits per heavy atom. The molecule has 0 radical (unpaired) electrons. The number of carbonyl (C=O) groups excluding carboxylic acids is 1. The lowest BCUT2D eigenvalue weighted by atomic mass is 10.1. The predicted molar refractivity (Wildman–Crippen MR) is 67.9 cm³/mol. The molecular formula is C14H14N2O. The van der Waals surface area contributed by atoms with Crippen molar-refractivity contribution in [3.8, 4) is 0 Å². The number of aromatic nitrogens is 2. The number of H-pyrrole nitrogens is 1. The molecule has 0 aliphatic heterocycles. The summed E-state index contributed by atoms with van der Waals surface area (Å²) in [6, 6.07) is 5.71. The molecule has 2 aromatic rings. The quantitative estimate of drug-likeness (QED) is 0.646. The van der Waals surface area contributed by atoms with Gasteiger partial charge in [0.1, 0.15) is 0 Å². The number of carbonyl (C=O) groups is 1. The van der Waals surface area contributed by atoms with Gasteiger partial charge in [0.2, 0.25) is 5.78 Å². The number of hydrogen-bond acceptors (Lipinski definition) is 2. The maximum Gasteiger partial charge on any atom is 0.202 e. The van der Waals surface area contributed by atoms with Gasteiger partial charge in [0.15, 0.2) is 0 Å². The number of allylic oxidation sites excluding steroid dienone is 1.